The topological polar surface area (TPSA) is 73.2 Å². The van der Waals surface area contributed by atoms with Crippen molar-refractivity contribution in [3.8, 4) is 0 Å². The van der Waals surface area contributed by atoms with Crippen molar-refractivity contribution in [1.29, 1.82) is 0 Å². The zero-order valence-electron chi connectivity index (χ0n) is 15.5. The lowest BCUT2D eigenvalue weighted by Gasteiger charge is -2.19. The zero-order chi connectivity index (χ0) is 18.7. The van der Waals surface area contributed by atoms with Gasteiger partial charge in [0.15, 0.2) is 0 Å². The maximum Gasteiger partial charge on any atom is 0.244 e. The van der Waals surface area contributed by atoms with Gasteiger partial charge in [0.2, 0.25) is 10.0 Å². The molecule has 0 aliphatic rings. The third-order valence-electron chi connectivity index (χ3n) is 3.69. The summed E-state index contributed by atoms with van der Waals surface area (Å²) in [6, 6.07) is 9.52. The van der Waals surface area contributed by atoms with Crippen molar-refractivity contribution in [2.45, 2.75) is 50.6 Å². The summed E-state index contributed by atoms with van der Waals surface area (Å²) in [6.45, 7) is 8.47. The molecular formula is C18H27N3O3S. The number of nitrogens with one attached hydrogen (secondary N) is 1. The fourth-order valence-electron chi connectivity index (χ4n) is 2.58. The Morgan fingerprint density at radius 2 is 1.88 bits per heavy atom. The molecule has 25 heavy (non-hydrogen) atoms. The Hall–Kier alpha value is -1.70. The van der Waals surface area contributed by atoms with Gasteiger partial charge in [0.1, 0.15) is 4.90 Å². The van der Waals surface area contributed by atoms with Gasteiger partial charge >= 0.3 is 0 Å². The van der Waals surface area contributed by atoms with Crippen LogP contribution < -0.4 is 4.72 Å². The lowest BCUT2D eigenvalue weighted by Crippen LogP contribution is -2.36. The first-order valence-electron chi connectivity index (χ1n) is 8.26. The van der Waals surface area contributed by atoms with Crippen molar-refractivity contribution in [1.82, 2.24) is 14.5 Å². The van der Waals surface area contributed by atoms with Crippen LogP contribution in [0.5, 0.6) is 0 Å². The van der Waals surface area contributed by atoms with Crippen LogP contribution in [0.15, 0.2) is 41.4 Å². The summed E-state index contributed by atoms with van der Waals surface area (Å²) < 4.78 is 35.0. The lowest BCUT2D eigenvalue weighted by molar-refractivity contribution is 0.180. The van der Waals surface area contributed by atoms with E-state index in [2.05, 4.69) is 9.82 Å². The Balaban J connectivity index is 2.39. The van der Waals surface area contributed by atoms with E-state index >= 15 is 0 Å². The minimum Gasteiger partial charge on any atom is -0.383 e. The highest BCUT2D eigenvalue weighted by Crippen LogP contribution is 2.28. The van der Waals surface area contributed by atoms with Crippen molar-refractivity contribution >= 4 is 10.0 Å². The monoisotopic (exact) mass is 365 g/mol. The molecule has 7 heteroatoms. The summed E-state index contributed by atoms with van der Waals surface area (Å²) in [6.07, 6.45) is 1.61. The predicted octanol–water partition coefficient (Wildman–Crippen LogP) is 2.54. The van der Waals surface area contributed by atoms with Gasteiger partial charge in [0.25, 0.3) is 0 Å². The molecule has 1 N–H and O–H groups in total. The number of rotatable bonds is 7. The molecule has 1 aromatic heterocycles. The molecule has 0 amide bonds. The van der Waals surface area contributed by atoms with E-state index in [-0.39, 0.29) is 10.9 Å². The van der Waals surface area contributed by atoms with E-state index in [1.54, 1.807) is 24.9 Å². The Kier molecular flexibility index (Phi) is 6.03. The van der Waals surface area contributed by atoms with Gasteiger partial charge in [-0.2, -0.15) is 5.10 Å². The molecule has 0 saturated carbocycles. The Bertz CT molecular complexity index is 793. The van der Waals surface area contributed by atoms with Crippen molar-refractivity contribution in [2.24, 2.45) is 0 Å². The van der Waals surface area contributed by atoms with Gasteiger partial charge in [0, 0.05) is 24.8 Å². The van der Waals surface area contributed by atoms with E-state index < -0.39 is 15.4 Å². The molecule has 0 bridgehead atoms. The summed E-state index contributed by atoms with van der Waals surface area (Å²) in [5.74, 6) is 0. The lowest BCUT2D eigenvalue weighted by atomic mass is 9.92. The molecular weight excluding hydrogens is 338 g/mol. The predicted molar refractivity (Wildman–Crippen MR) is 98.1 cm³/mol. The molecule has 138 valence electrons. The molecule has 1 heterocycles. The van der Waals surface area contributed by atoms with Crippen LogP contribution in [0, 0.1) is 0 Å². The van der Waals surface area contributed by atoms with Gasteiger partial charge in [-0.3, -0.25) is 4.68 Å². The molecule has 2 rings (SSSR count). The first-order chi connectivity index (χ1) is 11.6. The maximum absolute atomic E-state index is 12.8. The number of benzene rings is 1. The Morgan fingerprint density at radius 3 is 2.44 bits per heavy atom. The highest BCUT2D eigenvalue weighted by atomic mass is 32.2. The molecule has 0 radical (unpaired) electrons. The van der Waals surface area contributed by atoms with Crippen LogP contribution in [0.4, 0.5) is 0 Å². The molecule has 0 saturated heterocycles. The fourth-order valence-corrected chi connectivity index (χ4v) is 4.17. The quantitative estimate of drug-likeness (QED) is 0.818. The van der Waals surface area contributed by atoms with Crippen molar-refractivity contribution < 1.29 is 13.2 Å². The SMILES string of the molecule is COCC(C)NS(=O)(=O)c1cn(Cc2ccccc2)nc1C(C)(C)C. The second kappa shape index (κ2) is 7.68. The molecule has 0 fully saturated rings. The van der Waals surface area contributed by atoms with E-state index in [1.807, 2.05) is 51.1 Å². The van der Waals surface area contributed by atoms with Gasteiger partial charge in [0.05, 0.1) is 18.8 Å². The van der Waals surface area contributed by atoms with Gasteiger partial charge in [-0.1, -0.05) is 51.1 Å². The van der Waals surface area contributed by atoms with Crippen LogP contribution >= 0.6 is 0 Å². The normalized spacial score (nSPS) is 13.8. The third-order valence-corrected chi connectivity index (χ3v) is 5.28. The van der Waals surface area contributed by atoms with Crippen LogP contribution in [0.25, 0.3) is 0 Å². The highest BCUT2D eigenvalue weighted by Gasteiger charge is 2.30. The number of ether oxygens (including phenoxy) is 1. The molecule has 1 atom stereocenters. The summed E-state index contributed by atoms with van der Waals surface area (Å²) in [5.41, 5.74) is 1.23. The van der Waals surface area contributed by atoms with Crippen molar-refractivity contribution in [3.05, 3.63) is 47.8 Å². The number of hydrogen-bond donors (Lipinski definition) is 1. The molecule has 0 aliphatic carbocycles. The fraction of sp³-hybridized carbons (Fsp3) is 0.500. The molecule has 1 unspecified atom stereocenters. The number of nitrogens with zero attached hydrogens (tertiary/aromatic N) is 2. The summed E-state index contributed by atoms with van der Waals surface area (Å²) >= 11 is 0. The second-order valence-electron chi connectivity index (χ2n) is 7.25. The number of aromatic nitrogens is 2. The Morgan fingerprint density at radius 1 is 1.24 bits per heavy atom. The molecule has 2 aromatic rings. The molecule has 1 aromatic carbocycles. The van der Waals surface area contributed by atoms with E-state index in [1.165, 1.54) is 0 Å². The maximum atomic E-state index is 12.8. The standard InChI is InChI=1S/C18H27N3O3S/c1-14(13-24-5)20-25(22,23)16-12-21(19-17(16)18(2,3)4)11-15-9-7-6-8-10-15/h6-10,12,14,20H,11,13H2,1-5H3. The van der Waals surface area contributed by atoms with Crippen LogP contribution in [0.1, 0.15) is 39.0 Å². The first-order valence-corrected chi connectivity index (χ1v) is 9.75. The van der Waals surface area contributed by atoms with Crippen molar-refractivity contribution in [2.75, 3.05) is 13.7 Å². The third kappa shape index (κ3) is 5.14. The highest BCUT2D eigenvalue weighted by molar-refractivity contribution is 7.89. The second-order valence-corrected chi connectivity index (χ2v) is 8.94. The zero-order valence-corrected chi connectivity index (χ0v) is 16.3. The van der Waals surface area contributed by atoms with Gasteiger partial charge in [-0.25, -0.2) is 13.1 Å². The van der Waals surface area contributed by atoms with Crippen molar-refractivity contribution in [3.63, 3.8) is 0 Å². The van der Waals surface area contributed by atoms with E-state index in [9.17, 15) is 8.42 Å². The van der Waals surface area contributed by atoms with Gasteiger partial charge in [-0.15, -0.1) is 0 Å². The average Bonchev–Trinajstić information content (AvgIpc) is 2.93. The molecule has 6 nitrogen and oxygen atoms in total. The average molecular weight is 365 g/mol. The van der Waals surface area contributed by atoms with Gasteiger partial charge in [-0.05, 0) is 12.5 Å². The molecule has 0 spiro atoms. The minimum atomic E-state index is -3.68. The van der Waals surface area contributed by atoms with Crippen LogP contribution in [-0.4, -0.2) is 38.0 Å². The van der Waals surface area contributed by atoms with Crippen LogP contribution in [-0.2, 0) is 26.7 Å². The summed E-state index contributed by atoms with van der Waals surface area (Å²) in [4.78, 5) is 0.221. The van der Waals surface area contributed by atoms with E-state index in [0.717, 1.165) is 5.56 Å². The number of hydrogen-bond acceptors (Lipinski definition) is 4. The van der Waals surface area contributed by atoms with Gasteiger partial charge < -0.3 is 4.74 Å². The number of sulfonamides is 1. The van der Waals surface area contributed by atoms with E-state index in [0.29, 0.717) is 18.8 Å². The largest absolute Gasteiger partial charge is 0.383 e. The van der Waals surface area contributed by atoms with E-state index in [4.69, 9.17) is 4.74 Å². The first kappa shape index (κ1) is 19.6. The minimum absolute atomic E-state index is 0.221. The molecule has 0 aliphatic heterocycles. The smallest absolute Gasteiger partial charge is 0.244 e. The Labute approximate surface area is 150 Å². The van der Waals surface area contributed by atoms with Crippen LogP contribution in [0.2, 0.25) is 0 Å². The summed E-state index contributed by atoms with van der Waals surface area (Å²) in [7, 11) is -2.14. The summed E-state index contributed by atoms with van der Waals surface area (Å²) in [5, 5.41) is 4.56. The number of methoxy groups -OCH3 is 1. The van der Waals surface area contributed by atoms with Crippen LogP contribution in [0.3, 0.4) is 0 Å².